The second kappa shape index (κ2) is 2.57. The maximum Gasteiger partial charge on any atom is 0.259 e. The standard InChI is InChI=1S/C6H9BrN2O2/c1-6(8)3-2-4(10)9(7)5(6)11/h2-3,8H2,1H3/t6-/m1/s1. The molecule has 0 aliphatic carbocycles. The van der Waals surface area contributed by atoms with E-state index in [-0.39, 0.29) is 11.8 Å². The summed E-state index contributed by atoms with van der Waals surface area (Å²) < 4.78 is 0.913. The zero-order valence-corrected chi connectivity index (χ0v) is 7.72. The second-order valence-electron chi connectivity index (χ2n) is 2.90. The third-order valence-corrected chi connectivity index (χ3v) is 2.46. The highest BCUT2D eigenvalue weighted by molar-refractivity contribution is 9.08. The van der Waals surface area contributed by atoms with E-state index in [4.69, 9.17) is 5.73 Å². The number of rotatable bonds is 0. The van der Waals surface area contributed by atoms with Crippen LogP contribution in [0, 0.1) is 0 Å². The van der Waals surface area contributed by atoms with Gasteiger partial charge in [0.1, 0.15) is 0 Å². The van der Waals surface area contributed by atoms with Crippen LogP contribution in [-0.2, 0) is 9.59 Å². The Bertz CT molecular complexity index is 215. The van der Waals surface area contributed by atoms with E-state index in [2.05, 4.69) is 16.1 Å². The van der Waals surface area contributed by atoms with Crippen LogP contribution in [0.5, 0.6) is 0 Å². The molecule has 0 radical (unpaired) electrons. The number of imide groups is 1. The van der Waals surface area contributed by atoms with Crippen molar-refractivity contribution in [1.82, 2.24) is 3.93 Å². The minimum Gasteiger partial charge on any atom is -0.318 e. The Morgan fingerprint density at radius 2 is 2.18 bits per heavy atom. The fourth-order valence-electron chi connectivity index (χ4n) is 0.909. The topological polar surface area (TPSA) is 63.4 Å². The van der Waals surface area contributed by atoms with Crippen molar-refractivity contribution in [2.24, 2.45) is 5.73 Å². The third kappa shape index (κ3) is 1.44. The summed E-state index contributed by atoms with van der Waals surface area (Å²) in [4.78, 5) is 22.1. The molecule has 1 aliphatic rings. The molecule has 0 spiro atoms. The molecule has 11 heavy (non-hydrogen) atoms. The van der Waals surface area contributed by atoms with E-state index in [9.17, 15) is 9.59 Å². The molecule has 1 rings (SSSR count). The first-order chi connectivity index (χ1) is 4.95. The monoisotopic (exact) mass is 220 g/mol. The Kier molecular flexibility index (Phi) is 2.02. The fourth-order valence-corrected chi connectivity index (χ4v) is 1.49. The molecule has 5 heteroatoms. The molecule has 62 valence electrons. The van der Waals surface area contributed by atoms with Gasteiger partial charge in [-0.1, -0.05) is 0 Å². The Morgan fingerprint density at radius 3 is 2.64 bits per heavy atom. The van der Waals surface area contributed by atoms with Gasteiger partial charge in [0.05, 0.1) is 21.7 Å². The molecule has 0 bridgehead atoms. The van der Waals surface area contributed by atoms with Gasteiger partial charge in [-0.15, -0.1) is 0 Å². The highest BCUT2D eigenvalue weighted by Gasteiger charge is 2.39. The molecule has 0 aromatic carbocycles. The maximum atomic E-state index is 11.2. The van der Waals surface area contributed by atoms with E-state index < -0.39 is 5.54 Å². The molecule has 0 aromatic heterocycles. The summed E-state index contributed by atoms with van der Waals surface area (Å²) in [5.74, 6) is -0.591. The van der Waals surface area contributed by atoms with Crippen LogP contribution in [0.15, 0.2) is 0 Å². The number of halogens is 1. The van der Waals surface area contributed by atoms with Crippen molar-refractivity contribution >= 4 is 28.0 Å². The lowest BCUT2D eigenvalue weighted by atomic mass is 9.92. The number of carbonyl (C=O) groups is 2. The van der Waals surface area contributed by atoms with E-state index in [1.165, 1.54) is 0 Å². The first kappa shape index (κ1) is 8.67. The number of hydrogen-bond acceptors (Lipinski definition) is 3. The van der Waals surface area contributed by atoms with Gasteiger partial charge in [-0.05, 0) is 13.3 Å². The molecule has 2 N–H and O–H groups in total. The largest absolute Gasteiger partial charge is 0.318 e. The van der Waals surface area contributed by atoms with Crippen LogP contribution in [-0.4, -0.2) is 21.3 Å². The smallest absolute Gasteiger partial charge is 0.259 e. The Labute approximate surface area is 73.1 Å². The Balaban J connectivity index is 2.84. The van der Waals surface area contributed by atoms with Crippen LogP contribution < -0.4 is 5.73 Å². The zero-order chi connectivity index (χ0) is 8.65. The summed E-state index contributed by atoms with van der Waals surface area (Å²) in [6.07, 6.45) is 0.747. The van der Waals surface area contributed by atoms with Gasteiger partial charge < -0.3 is 5.73 Å². The molecule has 2 amide bonds. The first-order valence-corrected chi connectivity index (χ1v) is 3.98. The van der Waals surface area contributed by atoms with Gasteiger partial charge in [-0.25, -0.2) is 3.93 Å². The van der Waals surface area contributed by atoms with E-state index in [0.29, 0.717) is 12.8 Å². The van der Waals surface area contributed by atoms with Crippen LogP contribution >= 0.6 is 16.1 Å². The summed E-state index contributed by atoms with van der Waals surface area (Å²) >= 11 is 2.85. The van der Waals surface area contributed by atoms with Gasteiger partial charge in [-0.2, -0.15) is 0 Å². The molecule has 0 aromatic rings. The minimum absolute atomic E-state index is 0.224. The SMILES string of the molecule is C[C@@]1(N)CCC(=O)N(Br)C1=O. The first-order valence-electron chi connectivity index (χ1n) is 3.27. The van der Waals surface area contributed by atoms with Gasteiger partial charge in [-0.3, -0.25) is 9.59 Å². The predicted molar refractivity (Wildman–Crippen MR) is 42.6 cm³/mol. The average Bonchev–Trinajstić information content (AvgIpc) is 1.95. The predicted octanol–water partition coefficient (Wildman–Crippen LogP) is 0.163. The molecule has 1 aliphatic heterocycles. The molecule has 0 unspecified atom stereocenters. The van der Waals surface area contributed by atoms with E-state index >= 15 is 0 Å². The zero-order valence-electron chi connectivity index (χ0n) is 6.13. The van der Waals surface area contributed by atoms with Gasteiger partial charge in [0.15, 0.2) is 0 Å². The van der Waals surface area contributed by atoms with Crippen molar-refractivity contribution in [3.05, 3.63) is 0 Å². The summed E-state index contributed by atoms with van der Waals surface area (Å²) in [5, 5.41) is 0. The quantitative estimate of drug-likeness (QED) is 0.468. The van der Waals surface area contributed by atoms with E-state index in [1.807, 2.05) is 0 Å². The number of carbonyl (C=O) groups excluding carboxylic acids is 2. The summed E-state index contributed by atoms with van der Waals surface area (Å²) in [5.41, 5.74) is 4.71. The van der Waals surface area contributed by atoms with Crippen LogP contribution in [0.4, 0.5) is 0 Å². The van der Waals surface area contributed by atoms with Crippen LogP contribution in [0.25, 0.3) is 0 Å². The highest BCUT2D eigenvalue weighted by atomic mass is 79.9. The second-order valence-corrected chi connectivity index (χ2v) is 3.61. The molecule has 1 heterocycles. The lowest BCUT2D eigenvalue weighted by Gasteiger charge is -2.31. The fraction of sp³-hybridized carbons (Fsp3) is 0.667. The van der Waals surface area contributed by atoms with E-state index in [1.54, 1.807) is 6.92 Å². The van der Waals surface area contributed by atoms with Crippen molar-refractivity contribution < 1.29 is 9.59 Å². The van der Waals surface area contributed by atoms with Gasteiger partial charge >= 0.3 is 0 Å². The molecule has 4 nitrogen and oxygen atoms in total. The minimum atomic E-state index is -0.891. The molecular weight excluding hydrogens is 212 g/mol. The lowest BCUT2D eigenvalue weighted by Crippen LogP contribution is -2.55. The molecule has 0 saturated carbocycles. The summed E-state index contributed by atoms with van der Waals surface area (Å²) in [6.45, 7) is 1.62. The lowest BCUT2D eigenvalue weighted by molar-refractivity contribution is -0.144. The van der Waals surface area contributed by atoms with Crippen LogP contribution in [0.2, 0.25) is 0 Å². The van der Waals surface area contributed by atoms with Crippen LogP contribution in [0.1, 0.15) is 19.8 Å². The third-order valence-electron chi connectivity index (χ3n) is 1.74. The van der Waals surface area contributed by atoms with E-state index in [0.717, 1.165) is 3.93 Å². The number of nitrogens with two attached hydrogens (primary N) is 1. The molecule has 1 atom stereocenters. The Morgan fingerprint density at radius 1 is 1.64 bits per heavy atom. The maximum absolute atomic E-state index is 11.2. The summed E-state index contributed by atoms with van der Waals surface area (Å²) in [7, 11) is 0. The van der Waals surface area contributed by atoms with Crippen LogP contribution in [0.3, 0.4) is 0 Å². The summed E-state index contributed by atoms with van der Waals surface area (Å²) in [6, 6.07) is 0. The van der Waals surface area contributed by atoms with Crippen molar-refractivity contribution in [2.75, 3.05) is 0 Å². The van der Waals surface area contributed by atoms with Gasteiger partial charge in [0.25, 0.3) is 5.91 Å². The highest BCUT2D eigenvalue weighted by Crippen LogP contribution is 2.22. The van der Waals surface area contributed by atoms with Gasteiger partial charge in [0, 0.05) is 6.42 Å². The normalized spacial score (nSPS) is 32.8. The van der Waals surface area contributed by atoms with Crippen molar-refractivity contribution in [3.63, 3.8) is 0 Å². The van der Waals surface area contributed by atoms with Crippen molar-refractivity contribution in [3.8, 4) is 0 Å². The Hall–Kier alpha value is -0.420. The van der Waals surface area contributed by atoms with Gasteiger partial charge in [0.2, 0.25) is 5.91 Å². The van der Waals surface area contributed by atoms with Crippen molar-refractivity contribution in [1.29, 1.82) is 0 Å². The number of amides is 2. The van der Waals surface area contributed by atoms with Crippen molar-refractivity contribution in [2.45, 2.75) is 25.3 Å². The number of hydrogen-bond donors (Lipinski definition) is 1. The molecule has 1 fully saturated rings. The average molecular weight is 221 g/mol. The molecule has 1 saturated heterocycles. The molecular formula is C6H9BrN2O2. The number of nitrogens with zero attached hydrogens (tertiary/aromatic N) is 1. The number of piperidine rings is 1.